The number of methoxy groups -OCH3 is 1. The zero-order valence-corrected chi connectivity index (χ0v) is 8.92. The lowest BCUT2D eigenvalue weighted by molar-refractivity contribution is 0.118. The fourth-order valence-electron chi connectivity index (χ4n) is 1.41. The Kier molecular flexibility index (Phi) is 3.49. The SMILES string of the molecule is COC(C)Cc1cc(C)ccc1C. The molecule has 0 fully saturated rings. The summed E-state index contributed by atoms with van der Waals surface area (Å²) in [6.45, 7) is 6.37. The van der Waals surface area contributed by atoms with Crippen LogP contribution in [0.25, 0.3) is 0 Å². The van der Waals surface area contributed by atoms with Crippen molar-refractivity contribution in [3.8, 4) is 0 Å². The van der Waals surface area contributed by atoms with Crippen molar-refractivity contribution in [3.05, 3.63) is 34.9 Å². The maximum atomic E-state index is 5.25. The molecule has 0 N–H and O–H groups in total. The molecule has 0 aliphatic rings. The highest BCUT2D eigenvalue weighted by molar-refractivity contribution is 5.30. The quantitative estimate of drug-likeness (QED) is 0.691. The van der Waals surface area contributed by atoms with Crippen LogP contribution in [-0.4, -0.2) is 13.2 Å². The first-order valence-electron chi connectivity index (χ1n) is 4.72. The fourth-order valence-corrected chi connectivity index (χ4v) is 1.41. The molecule has 0 radical (unpaired) electrons. The second-order valence-corrected chi connectivity index (χ2v) is 3.68. The van der Waals surface area contributed by atoms with Crippen molar-refractivity contribution in [3.63, 3.8) is 0 Å². The van der Waals surface area contributed by atoms with Gasteiger partial charge in [-0.3, -0.25) is 0 Å². The van der Waals surface area contributed by atoms with E-state index in [1.54, 1.807) is 7.11 Å². The van der Waals surface area contributed by atoms with Gasteiger partial charge in [0.1, 0.15) is 0 Å². The summed E-state index contributed by atoms with van der Waals surface area (Å²) >= 11 is 0. The van der Waals surface area contributed by atoms with Gasteiger partial charge in [0.25, 0.3) is 0 Å². The van der Waals surface area contributed by atoms with Crippen LogP contribution in [0.4, 0.5) is 0 Å². The lowest BCUT2D eigenvalue weighted by Gasteiger charge is -2.12. The molecule has 1 atom stereocenters. The number of rotatable bonds is 3. The van der Waals surface area contributed by atoms with Crippen LogP contribution < -0.4 is 0 Å². The van der Waals surface area contributed by atoms with E-state index in [1.807, 2.05) is 0 Å². The molecule has 1 rings (SSSR count). The highest BCUT2D eigenvalue weighted by Crippen LogP contribution is 2.13. The van der Waals surface area contributed by atoms with Gasteiger partial charge in [-0.05, 0) is 38.3 Å². The van der Waals surface area contributed by atoms with Gasteiger partial charge in [-0.15, -0.1) is 0 Å². The average molecular weight is 178 g/mol. The summed E-state index contributed by atoms with van der Waals surface area (Å²) in [4.78, 5) is 0. The van der Waals surface area contributed by atoms with Crippen molar-refractivity contribution < 1.29 is 4.74 Å². The van der Waals surface area contributed by atoms with E-state index >= 15 is 0 Å². The minimum atomic E-state index is 0.306. The minimum Gasteiger partial charge on any atom is -0.381 e. The maximum Gasteiger partial charge on any atom is 0.0583 e. The Morgan fingerprint density at radius 3 is 2.62 bits per heavy atom. The minimum absolute atomic E-state index is 0.306. The van der Waals surface area contributed by atoms with Gasteiger partial charge in [-0.25, -0.2) is 0 Å². The van der Waals surface area contributed by atoms with Crippen LogP contribution in [-0.2, 0) is 11.2 Å². The standard InChI is InChI=1S/C12H18O/c1-9-5-6-10(2)12(7-9)8-11(3)13-4/h5-7,11H,8H2,1-4H3. The number of aryl methyl sites for hydroxylation is 2. The lowest BCUT2D eigenvalue weighted by atomic mass is 10.0. The van der Waals surface area contributed by atoms with Crippen LogP contribution in [0.2, 0.25) is 0 Å². The third kappa shape index (κ3) is 2.85. The fraction of sp³-hybridized carbons (Fsp3) is 0.500. The molecule has 1 nitrogen and oxygen atoms in total. The van der Waals surface area contributed by atoms with E-state index in [0.717, 1.165) is 6.42 Å². The van der Waals surface area contributed by atoms with Crippen molar-refractivity contribution in [2.75, 3.05) is 7.11 Å². The van der Waals surface area contributed by atoms with Gasteiger partial charge in [0.05, 0.1) is 6.10 Å². The first-order valence-corrected chi connectivity index (χ1v) is 4.72. The van der Waals surface area contributed by atoms with Crippen LogP contribution in [0.3, 0.4) is 0 Å². The summed E-state index contributed by atoms with van der Waals surface area (Å²) in [5.41, 5.74) is 4.08. The predicted octanol–water partition coefficient (Wildman–Crippen LogP) is 2.88. The normalized spacial score (nSPS) is 12.9. The Hall–Kier alpha value is -0.820. The van der Waals surface area contributed by atoms with Crippen molar-refractivity contribution in [1.29, 1.82) is 0 Å². The van der Waals surface area contributed by atoms with Gasteiger partial charge < -0.3 is 4.74 Å². The summed E-state index contributed by atoms with van der Waals surface area (Å²) in [6, 6.07) is 6.56. The highest BCUT2D eigenvalue weighted by atomic mass is 16.5. The third-order valence-electron chi connectivity index (χ3n) is 2.41. The first-order chi connectivity index (χ1) is 6.13. The van der Waals surface area contributed by atoms with E-state index in [9.17, 15) is 0 Å². The molecule has 0 heterocycles. The van der Waals surface area contributed by atoms with E-state index in [1.165, 1.54) is 16.7 Å². The summed E-state index contributed by atoms with van der Waals surface area (Å²) in [5, 5.41) is 0. The largest absolute Gasteiger partial charge is 0.381 e. The molecule has 0 aromatic heterocycles. The van der Waals surface area contributed by atoms with Gasteiger partial charge in [0.2, 0.25) is 0 Å². The van der Waals surface area contributed by atoms with Crippen LogP contribution in [0.15, 0.2) is 18.2 Å². The van der Waals surface area contributed by atoms with Crippen molar-refractivity contribution in [2.45, 2.75) is 33.3 Å². The zero-order valence-electron chi connectivity index (χ0n) is 8.92. The topological polar surface area (TPSA) is 9.23 Å². The van der Waals surface area contributed by atoms with E-state index in [-0.39, 0.29) is 0 Å². The van der Waals surface area contributed by atoms with E-state index in [2.05, 4.69) is 39.0 Å². The molecule has 1 aromatic rings. The lowest BCUT2D eigenvalue weighted by Crippen LogP contribution is -2.09. The van der Waals surface area contributed by atoms with Crippen molar-refractivity contribution >= 4 is 0 Å². The molecular formula is C12H18O. The van der Waals surface area contributed by atoms with Gasteiger partial charge >= 0.3 is 0 Å². The summed E-state index contributed by atoms with van der Waals surface area (Å²) in [5.74, 6) is 0. The molecule has 1 aromatic carbocycles. The Labute approximate surface area is 80.7 Å². The predicted molar refractivity (Wildman–Crippen MR) is 56.1 cm³/mol. The highest BCUT2D eigenvalue weighted by Gasteiger charge is 2.04. The van der Waals surface area contributed by atoms with Crippen LogP contribution in [0, 0.1) is 13.8 Å². The van der Waals surface area contributed by atoms with Crippen molar-refractivity contribution in [1.82, 2.24) is 0 Å². The molecular weight excluding hydrogens is 160 g/mol. The van der Waals surface area contributed by atoms with Gasteiger partial charge in [-0.1, -0.05) is 23.8 Å². The van der Waals surface area contributed by atoms with Crippen LogP contribution >= 0.6 is 0 Å². The van der Waals surface area contributed by atoms with Gasteiger partial charge in [0, 0.05) is 7.11 Å². The maximum absolute atomic E-state index is 5.25. The monoisotopic (exact) mass is 178 g/mol. The zero-order chi connectivity index (χ0) is 9.84. The number of ether oxygens (including phenoxy) is 1. The third-order valence-corrected chi connectivity index (χ3v) is 2.41. The molecule has 13 heavy (non-hydrogen) atoms. The number of hydrogen-bond donors (Lipinski definition) is 0. The van der Waals surface area contributed by atoms with E-state index in [4.69, 9.17) is 4.74 Å². The Morgan fingerprint density at radius 1 is 1.31 bits per heavy atom. The second kappa shape index (κ2) is 4.43. The van der Waals surface area contributed by atoms with Crippen molar-refractivity contribution in [2.24, 2.45) is 0 Å². The van der Waals surface area contributed by atoms with Gasteiger partial charge in [-0.2, -0.15) is 0 Å². The molecule has 1 heteroatoms. The molecule has 72 valence electrons. The summed E-state index contributed by atoms with van der Waals surface area (Å²) < 4.78 is 5.25. The Morgan fingerprint density at radius 2 is 2.00 bits per heavy atom. The number of hydrogen-bond acceptors (Lipinski definition) is 1. The van der Waals surface area contributed by atoms with E-state index in [0.29, 0.717) is 6.10 Å². The number of benzene rings is 1. The molecule has 0 aliphatic heterocycles. The van der Waals surface area contributed by atoms with Gasteiger partial charge in [0.15, 0.2) is 0 Å². The molecule has 0 saturated heterocycles. The molecule has 0 amide bonds. The Balaban J connectivity index is 2.81. The van der Waals surface area contributed by atoms with E-state index < -0.39 is 0 Å². The molecule has 0 spiro atoms. The molecule has 0 aliphatic carbocycles. The van der Waals surface area contributed by atoms with Crippen LogP contribution in [0.1, 0.15) is 23.6 Å². The molecule has 0 bridgehead atoms. The summed E-state index contributed by atoms with van der Waals surface area (Å²) in [6.07, 6.45) is 1.31. The Bertz CT molecular complexity index is 278. The molecule has 1 unspecified atom stereocenters. The second-order valence-electron chi connectivity index (χ2n) is 3.68. The average Bonchev–Trinajstić information content (AvgIpc) is 2.11. The van der Waals surface area contributed by atoms with Crippen LogP contribution in [0.5, 0.6) is 0 Å². The smallest absolute Gasteiger partial charge is 0.0583 e. The summed E-state index contributed by atoms with van der Waals surface area (Å²) in [7, 11) is 1.76. The molecule has 0 saturated carbocycles. The first kappa shape index (κ1) is 10.3.